The van der Waals surface area contributed by atoms with Gasteiger partial charge >= 0.3 is 0 Å². The minimum Gasteiger partial charge on any atom is -0.483 e. The molecule has 210 valence electrons. The van der Waals surface area contributed by atoms with Crippen LogP contribution in [0.2, 0.25) is 0 Å². The van der Waals surface area contributed by atoms with Crippen molar-refractivity contribution < 1.29 is 38.3 Å². The molecule has 14 nitrogen and oxygen atoms in total. The number of fused-ring (bicyclic) bond motifs is 2. The van der Waals surface area contributed by atoms with Crippen molar-refractivity contribution in [2.75, 3.05) is 6.54 Å². The fraction of sp³-hybridized carbons (Fsp3) is 0.625. The zero-order valence-electron chi connectivity index (χ0n) is 22.0. The number of carbonyl (C=O) groups is 6. The van der Waals surface area contributed by atoms with Crippen molar-refractivity contribution in [1.82, 2.24) is 31.6 Å². The number of hydrogen-bond acceptors (Lipinski definition) is 8. The van der Waals surface area contributed by atoms with Gasteiger partial charge in [-0.25, -0.2) is 4.98 Å². The van der Waals surface area contributed by atoms with Gasteiger partial charge in [-0.2, -0.15) is 0 Å². The van der Waals surface area contributed by atoms with Crippen LogP contribution in [0.15, 0.2) is 4.42 Å². The molecule has 2 bridgehead atoms. The summed E-state index contributed by atoms with van der Waals surface area (Å²) in [5, 5.41) is 20.5. The molecule has 1 aromatic heterocycles. The average molecular weight is 537 g/mol. The number of carbonyl (C=O) groups excluding carboxylic acids is 5. The Bertz CT molecular complexity index is 1040. The highest BCUT2D eigenvalue weighted by Crippen LogP contribution is 2.24. The van der Waals surface area contributed by atoms with E-state index in [1.54, 1.807) is 13.8 Å². The maximum Gasteiger partial charge on any atom is 0.290 e. The Morgan fingerprint density at radius 1 is 1.11 bits per heavy atom. The molecule has 5 amide bonds. The molecular weight excluding hydrogens is 500 g/mol. The second-order valence-electron chi connectivity index (χ2n) is 9.49. The highest BCUT2D eigenvalue weighted by Gasteiger charge is 2.33. The average Bonchev–Trinajstić information content (AvgIpc) is 3.46. The molecule has 0 saturated carbocycles. The van der Waals surface area contributed by atoms with Crippen molar-refractivity contribution in [3.63, 3.8) is 0 Å². The van der Waals surface area contributed by atoms with E-state index in [4.69, 9.17) is 14.3 Å². The van der Waals surface area contributed by atoms with E-state index in [2.05, 4.69) is 31.6 Å². The SMILES string of the molecule is Cc1oc2nc1C(=O)N[C@H](C)C(=O)NCCCC[C@H](NC(=O)[C@@H]1CCC(=O)N1)C(=O)N[C@H]2C(C)C.O=CO. The molecule has 2 aliphatic rings. The van der Waals surface area contributed by atoms with Gasteiger partial charge < -0.3 is 36.1 Å². The third-order valence-corrected chi connectivity index (χ3v) is 6.16. The van der Waals surface area contributed by atoms with Crippen LogP contribution in [0.4, 0.5) is 0 Å². The van der Waals surface area contributed by atoms with Gasteiger partial charge in [0.15, 0.2) is 5.69 Å². The van der Waals surface area contributed by atoms with Crippen molar-refractivity contribution in [1.29, 1.82) is 0 Å². The lowest BCUT2D eigenvalue weighted by Gasteiger charge is -2.25. The van der Waals surface area contributed by atoms with Gasteiger partial charge in [0.25, 0.3) is 12.4 Å². The smallest absolute Gasteiger partial charge is 0.290 e. The molecule has 1 saturated heterocycles. The molecule has 0 unspecified atom stereocenters. The molecule has 2 aliphatic heterocycles. The van der Waals surface area contributed by atoms with Gasteiger partial charge in [0.2, 0.25) is 29.5 Å². The van der Waals surface area contributed by atoms with Crippen molar-refractivity contribution in [2.45, 2.75) is 84.0 Å². The summed E-state index contributed by atoms with van der Waals surface area (Å²) in [6.45, 7) is 7.01. The van der Waals surface area contributed by atoms with E-state index in [0.29, 0.717) is 32.2 Å². The maximum atomic E-state index is 13.3. The van der Waals surface area contributed by atoms with Gasteiger partial charge in [0, 0.05) is 13.0 Å². The van der Waals surface area contributed by atoms with Gasteiger partial charge in [-0.1, -0.05) is 13.8 Å². The van der Waals surface area contributed by atoms with Crippen molar-refractivity contribution in [3.8, 4) is 0 Å². The summed E-state index contributed by atoms with van der Waals surface area (Å²) in [7, 11) is 0. The summed E-state index contributed by atoms with van der Waals surface area (Å²) in [5.41, 5.74) is 0.0356. The Hall–Kier alpha value is -3.97. The van der Waals surface area contributed by atoms with Crippen LogP contribution >= 0.6 is 0 Å². The number of nitrogens with one attached hydrogen (secondary N) is 5. The van der Waals surface area contributed by atoms with Crippen LogP contribution in [-0.4, -0.2) is 70.8 Å². The van der Waals surface area contributed by atoms with Gasteiger partial charge in [0.05, 0.1) is 0 Å². The number of carboxylic acid groups (broad SMARTS) is 1. The first-order chi connectivity index (χ1) is 18.0. The van der Waals surface area contributed by atoms with Gasteiger partial charge in [-0.15, -0.1) is 0 Å². The number of amides is 5. The largest absolute Gasteiger partial charge is 0.483 e. The highest BCUT2D eigenvalue weighted by atomic mass is 16.4. The summed E-state index contributed by atoms with van der Waals surface area (Å²) in [6, 6.07) is -2.96. The molecule has 14 heteroatoms. The molecule has 3 heterocycles. The molecule has 6 N–H and O–H groups in total. The van der Waals surface area contributed by atoms with E-state index in [9.17, 15) is 24.0 Å². The van der Waals surface area contributed by atoms with Crippen LogP contribution in [-0.2, 0) is 24.0 Å². The van der Waals surface area contributed by atoms with Gasteiger partial charge in [0.1, 0.15) is 29.9 Å². The van der Waals surface area contributed by atoms with Crippen LogP contribution in [0.3, 0.4) is 0 Å². The van der Waals surface area contributed by atoms with Crippen molar-refractivity contribution in [2.24, 2.45) is 5.92 Å². The Balaban J connectivity index is 0.00000161. The molecule has 3 rings (SSSR count). The lowest BCUT2D eigenvalue weighted by Crippen LogP contribution is -2.52. The molecule has 1 aromatic rings. The fourth-order valence-corrected chi connectivity index (χ4v) is 4.05. The number of oxazole rings is 1. The van der Waals surface area contributed by atoms with Crippen LogP contribution < -0.4 is 26.6 Å². The first kappa shape index (κ1) is 30.3. The Labute approximate surface area is 220 Å². The van der Waals surface area contributed by atoms with E-state index < -0.39 is 41.9 Å². The zero-order chi connectivity index (χ0) is 28.4. The second kappa shape index (κ2) is 14.1. The molecular formula is C24H36N6O8. The minimum absolute atomic E-state index is 0.0356. The van der Waals surface area contributed by atoms with E-state index in [1.165, 1.54) is 0 Å². The molecule has 4 atom stereocenters. The predicted molar refractivity (Wildman–Crippen MR) is 133 cm³/mol. The molecule has 0 aromatic carbocycles. The normalized spacial score (nSPS) is 24.8. The molecule has 1 fully saturated rings. The number of hydrogen-bond donors (Lipinski definition) is 6. The Morgan fingerprint density at radius 3 is 2.39 bits per heavy atom. The molecule has 0 spiro atoms. The summed E-state index contributed by atoms with van der Waals surface area (Å²) < 4.78 is 5.73. The Morgan fingerprint density at radius 2 is 1.79 bits per heavy atom. The third-order valence-electron chi connectivity index (χ3n) is 6.16. The predicted octanol–water partition coefficient (Wildman–Crippen LogP) is -0.321. The standard InChI is InChI=1S/C23H34N6O6.CH2O2/c1-11(2)17-23-29-18(13(4)35-23)22(34)25-12(3)19(31)24-10-6-5-7-14(21(33)28-17)27-20(32)15-8-9-16(30)26-15;2-1-3/h11-12,14-15,17H,5-10H2,1-4H3,(H,24,31)(H,25,34)(H,26,30)(H,27,32)(H,28,33);1H,(H,2,3)/t12-,14+,15+,17+;/m1./s1. The number of aryl methyl sites for hydroxylation is 1. The number of aromatic nitrogens is 1. The topological polar surface area (TPSA) is 209 Å². The number of nitrogens with zero attached hydrogens (tertiary/aromatic N) is 1. The lowest BCUT2D eigenvalue weighted by molar-refractivity contribution is -0.131. The Kier molecular flexibility index (Phi) is 11.2. The monoisotopic (exact) mass is 536 g/mol. The zero-order valence-corrected chi connectivity index (χ0v) is 22.0. The summed E-state index contributed by atoms with van der Waals surface area (Å²) in [4.78, 5) is 75.2. The van der Waals surface area contributed by atoms with E-state index in [-0.39, 0.29) is 48.0 Å². The van der Waals surface area contributed by atoms with E-state index >= 15 is 0 Å². The third kappa shape index (κ3) is 8.28. The first-order valence-electron chi connectivity index (χ1n) is 12.5. The minimum atomic E-state index is -0.859. The van der Waals surface area contributed by atoms with Gasteiger partial charge in [-0.3, -0.25) is 28.8 Å². The molecule has 0 radical (unpaired) electrons. The van der Waals surface area contributed by atoms with Crippen LogP contribution in [0.1, 0.15) is 81.1 Å². The van der Waals surface area contributed by atoms with E-state index in [0.717, 1.165) is 0 Å². The van der Waals surface area contributed by atoms with Crippen molar-refractivity contribution >= 4 is 36.0 Å². The quantitative estimate of drug-likeness (QED) is 0.279. The fourth-order valence-electron chi connectivity index (χ4n) is 4.05. The number of rotatable bonds is 3. The summed E-state index contributed by atoms with van der Waals surface area (Å²) >= 11 is 0. The molecule has 38 heavy (non-hydrogen) atoms. The highest BCUT2D eigenvalue weighted by molar-refractivity contribution is 5.97. The first-order valence-corrected chi connectivity index (χ1v) is 12.5. The van der Waals surface area contributed by atoms with Gasteiger partial charge in [-0.05, 0) is 45.4 Å². The molecule has 0 aliphatic carbocycles. The summed E-state index contributed by atoms with van der Waals surface area (Å²) in [6.07, 6.45) is 2.09. The van der Waals surface area contributed by atoms with Crippen LogP contribution in [0, 0.1) is 12.8 Å². The maximum absolute atomic E-state index is 13.3. The van der Waals surface area contributed by atoms with Crippen LogP contribution in [0.5, 0.6) is 0 Å². The lowest BCUT2D eigenvalue weighted by atomic mass is 10.0. The second-order valence-corrected chi connectivity index (χ2v) is 9.49. The van der Waals surface area contributed by atoms with Crippen LogP contribution in [0.25, 0.3) is 0 Å². The van der Waals surface area contributed by atoms with E-state index in [1.807, 2.05) is 13.8 Å². The van der Waals surface area contributed by atoms with Crippen molar-refractivity contribution in [3.05, 3.63) is 17.3 Å². The summed E-state index contributed by atoms with van der Waals surface area (Å²) in [5.74, 6) is -1.65.